The lowest BCUT2D eigenvalue weighted by atomic mass is 9.75. The maximum Gasteiger partial charge on any atom is 0.323 e. The van der Waals surface area contributed by atoms with Crippen LogP contribution in [0.25, 0.3) is 0 Å². The molecule has 84 valence electrons. The van der Waals surface area contributed by atoms with Crippen molar-refractivity contribution in [2.75, 3.05) is 13.2 Å². The summed E-state index contributed by atoms with van der Waals surface area (Å²) in [6, 6.07) is 0. The third-order valence-corrected chi connectivity index (χ3v) is 3.52. The second-order valence-electron chi connectivity index (χ2n) is 4.21. The van der Waals surface area contributed by atoms with E-state index in [9.17, 15) is 9.59 Å². The van der Waals surface area contributed by atoms with E-state index in [1.54, 1.807) is 6.92 Å². The third-order valence-electron chi connectivity index (χ3n) is 3.52. The molecule has 0 unspecified atom stereocenters. The van der Waals surface area contributed by atoms with Crippen molar-refractivity contribution in [3.05, 3.63) is 0 Å². The summed E-state index contributed by atoms with van der Waals surface area (Å²) in [6.07, 6.45) is 3.24. The first-order valence-electron chi connectivity index (χ1n) is 5.56. The molecule has 2 rings (SSSR count). The molecule has 4 nitrogen and oxygen atoms in total. The van der Waals surface area contributed by atoms with E-state index in [0.29, 0.717) is 19.6 Å². The van der Waals surface area contributed by atoms with Crippen LogP contribution >= 0.6 is 0 Å². The summed E-state index contributed by atoms with van der Waals surface area (Å²) in [5.74, 6) is -0.607. The van der Waals surface area contributed by atoms with E-state index >= 15 is 0 Å². The minimum atomic E-state index is -0.964. The minimum Gasteiger partial charge on any atom is -0.465 e. The van der Waals surface area contributed by atoms with Crippen LogP contribution in [0.5, 0.6) is 0 Å². The summed E-state index contributed by atoms with van der Waals surface area (Å²) in [4.78, 5) is 23.7. The molecule has 0 aromatic heterocycles. The molecule has 15 heavy (non-hydrogen) atoms. The Morgan fingerprint density at radius 1 is 1.60 bits per heavy atom. The molecule has 2 aliphatic rings. The Balaban J connectivity index is 2.27. The standard InChI is InChI=1S/C11H16O4/c1-2-14-9(12)11-6-3-4-8(11)5-7-15-10(11)13/h8H,2-7H2,1H3/t8-,11-/m1/s1. The second-order valence-corrected chi connectivity index (χ2v) is 4.21. The Bertz CT molecular complexity index is 286. The number of hydrogen-bond acceptors (Lipinski definition) is 4. The fraction of sp³-hybridized carbons (Fsp3) is 0.818. The highest BCUT2D eigenvalue weighted by molar-refractivity contribution is 6.01. The molecule has 0 amide bonds. The predicted molar refractivity (Wildman–Crippen MR) is 52.0 cm³/mol. The highest BCUT2D eigenvalue weighted by atomic mass is 16.6. The summed E-state index contributed by atoms with van der Waals surface area (Å²) in [7, 11) is 0. The summed E-state index contributed by atoms with van der Waals surface area (Å²) < 4.78 is 10.0. The molecule has 0 aromatic carbocycles. The first-order chi connectivity index (χ1) is 7.21. The van der Waals surface area contributed by atoms with Crippen LogP contribution in [0, 0.1) is 11.3 Å². The molecular weight excluding hydrogens is 196 g/mol. The van der Waals surface area contributed by atoms with Gasteiger partial charge in [0.2, 0.25) is 0 Å². The Morgan fingerprint density at radius 2 is 2.40 bits per heavy atom. The fourth-order valence-electron chi connectivity index (χ4n) is 2.77. The predicted octanol–water partition coefficient (Wildman–Crippen LogP) is 1.28. The van der Waals surface area contributed by atoms with Gasteiger partial charge in [0.1, 0.15) is 0 Å². The van der Waals surface area contributed by atoms with Crippen LogP contribution in [0.15, 0.2) is 0 Å². The van der Waals surface area contributed by atoms with Gasteiger partial charge < -0.3 is 9.47 Å². The lowest BCUT2D eigenvalue weighted by Gasteiger charge is -2.34. The number of carbonyl (C=O) groups is 2. The number of carbonyl (C=O) groups excluding carboxylic acids is 2. The van der Waals surface area contributed by atoms with Crippen LogP contribution in [0.2, 0.25) is 0 Å². The molecule has 2 fully saturated rings. The maximum atomic E-state index is 11.9. The lowest BCUT2D eigenvalue weighted by Crippen LogP contribution is -2.48. The van der Waals surface area contributed by atoms with Crippen molar-refractivity contribution in [2.24, 2.45) is 11.3 Å². The molecule has 0 radical (unpaired) electrons. The smallest absolute Gasteiger partial charge is 0.323 e. The van der Waals surface area contributed by atoms with Crippen LogP contribution in [0.3, 0.4) is 0 Å². The molecule has 0 aromatic rings. The number of cyclic esters (lactones) is 1. The first kappa shape index (κ1) is 10.5. The average Bonchev–Trinajstić information content (AvgIpc) is 2.64. The number of rotatable bonds is 2. The van der Waals surface area contributed by atoms with Crippen LogP contribution in [0.1, 0.15) is 32.6 Å². The molecule has 1 aliphatic carbocycles. The van der Waals surface area contributed by atoms with Gasteiger partial charge in [-0.1, -0.05) is 6.42 Å². The summed E-state index contributed by atoms with van der Waals surface area (Å²) >= 11 is 0. The molecule has 4 heteroatoms. The SMILES string of the molecule is CCOC(=O)[C@@]12CCC[C@@H]1CCOC2=O. The highest BCUT2D eigenvalue weighted by Crippen LogP contribution is 2.49. The average molecular weight is 212 g/mol. The molecule has 0 bridgehead atoms. The Morgan fingerprint density at radius 3 is 3.13 bits per heavy atom. The number of esters is 2. The minimum absolute atomic E-state index is 0.137. The molecule has 1 saturated heterocycles. The van der Waals surface area contributed by atoms with Gasteiger partial charge in [-0.2, -0.15) is 0 Å². The molecule has 2 atom stereocenters. The van der Waals surface area contributed by atoms with Gasteiger partial charge in [-0.05, 0) is 32.1 Å². The van der Waals surface area contributed by atoms with Gasteiger partial charge in [0.15, 0.2) is 5.41 Å². The van der Waals surface area contributed by atoms with E-state index in [1.165, 1.54) is 0 Å². The Hall–Kier alpha value is -1.06. The van der Waals surface area contributed by atoms with Crippen molar-refractivity contribution in [3.8, 4) is 0 Å². The third kappa shape index (κ3) is 1.43. The molecular formula is C11H16O4. The van der Waals surface area contributed by atoms with E-state index in [1.807, 2.05) is 0 Å². The number of ether oxygens (including phenoxy) is 2. The molecule has 1 aliphatic heterocycles. The fourth-order valence-corrected chi connectivity index (χ4v) is 2.77. The monoisotopic (exact) mass is 212 g/mol. The summed E-state index contributed by atoms with van der Waals surface area (Å²) in [6.45, 7) is 2.53. The van der Waals surface area contributed by atoms with Gasteiger partial charge in [0, 0.05) is 0 Å². The molecule has 0 N–H and O–H groups in total. The van der Waals surface area contributed by atoms with Crippen LogP contribution < -0.4 is 0 Å². The second kappa shape index (κ2) is 3.83. The van der Waals surface area contributed by atoms with Crippen LogP contribution in [-0.2, 0) is 19.1 Å². The Labute approximate surface area is 88.9 Å². The topological polar surface area (TPSA) is 52.6 Å². The zero-order chi connectivity index (χ0) is 10.9. The van der Waals surface area contributed by atoms with Crippen molar-refractivity contribution in [1.29, 1.82) is 0 Å². The van der Waals surface area contributed by atoms with Gasteiger partial charge in [0.05, 0.1) is 13.2 Å². The van der Waals surface area contributed by atoms with Crippen LogP contribution in [0.4, 0.5) is 0 Å². The van der Waals surface area contributed by atoms with E-state index in [4.69, 9.17) is 9.47 Å². The first-order valence-corrected chi connectivity index (χ1v) is 5.56. The lowest BCUT2D eigenvalue weighted by molar-refractivity contribution is -0.181. The Kier molecular flexibility index (Phi) is 2.67. The molecule has 1 heterocycles. The maximum absolute atomic E-state index is 11.9. The largest absolute Gasteiger partial charge is 0.465 e. The van der Waals surface area contributed by atoms with Gasteiger partial charge in [-0.15, -0.1) is 0 Å². The van der Waals surface area contributed by atoms with Crippen LogP contribution in [-0.4, -0.2) is 25.2 Å². The summed E-state index contributed by atoms with van der Waals surface area (Å²) in [5.41, 5.74) is -0.964. The highest BCUT2D eigenvalue weighted by Gasteiger charge is 2.58. The van der Waals surface area contributed by atoms with Crippen molar-refractivity contribution < 1.29 is 19.1 Å². The summed E-state index contributed by atoms with van der Waals surface area (Å²) in [5, 5.41) is 0. The quantitative estimate of drug-likeness (QED) is 0.511. The normalized spacial score (nSPS) is 34.5. The van der Waals surface area contributed by atoms with Gasteiger partial charge in [0.25, 0.3) is 0 Å². The zero-order valence-corrected chi connectivity index (χ0v) is 8.95. The molecule has 0 spiro atoms. The van der Waals surface area contributed by atoms with Gasteiger partial charge >= 0.3 is 11.9 Å². The van der Waals surface area contributed by atoms with Crippen molar-refractivity contribution in [1.82, 2.24) is 0 Å². The van der Waals surface area contributed by atoms with E-state index < -0.39 is 5.41 Å². The van der Waals surface area contributed by atoms with Crippen molar-refractivity contribution in [3.63, 3.8) is 0 Å². The zero-order valence-electron chi connectivity index (χ0n) is 8.95. The van der Waals surface area contributed by atoms with Crippen molar-refractivity contribution >= 4 is 11.9 Å². The van der Waals surface area contributed by atoms with Gasteiger partial charge in [-0.25, -0.2) is 0 Å². The van der Waals surface area contributed by atoms with Gasteiger partial charge in [-0.3, -0.25) is 9.59 Å². The number of fused-ring (bicyclic) bond motifs is 1. The molecule has 1 saturated carbocycles. The number of hydrogen-bond donors (Lipinski definition) is 0. The van der Waals surface area contributed by atoms with E-state index in [0.717, 1.165) is 19.3 Å². The van der Waals surface area contributed by atoms with E-state index in [2.05, 4.69) is 0 Å². The van der Waals surface area contributed by atoms with E-state index in [-0.39, 0.29) is 17.9 Å². The van der Waals surface area contributed by atoms with Crippen molar-refractivity contribution in [2.45, 2.75) is 32.6 Å².